The van der Waals surface area contributed by atoms with Gasteiger partial charge in [0.1, 0.15) is 4.90 Å². The first-order valence-electron chi connectivity index (χ1n) is 6.73. The summed E-state index contributed by atoms with van der Waals surface area (Å²) in [4.78, 5) is 4.19. The first-order chi connectivity index (χ1) is 10.1. The number of pyridine rings is 1. The van der Waals surface area contributed by atoms with E-state index in [0.717, 1.165) is 6.42 Å². The van der Waals surface area contributed by atoms with Gasteiger partial charge in [0.2, 0.25) is 10.0 Å². The first kappa shape index (κ1) is 14.7. The van der Waals surface area contributed by atoms with Crippen molar-refractivity contribution >= 4 is 26.0 Å². The predicted molar refractivity (Wildman–Crippen MR) is 84.5 cm³/mol. The summed E-state index contributed by atoms with van der Waals surface area (Å²) in [6, 6.07) is 11.7. The van der Waals surface area contributed by atoms with Gasteiger partial charge in [-0.25, -0.2) is 8.42 Å². The summed E-state index contributed by atoms with van der Waals surface area (Å²) in [5.74, 6) is 0.265. The zero-order valence-corrected chi connectivity index (χ0v) is 13.7. The highest BCUT2D eigenvalue weighted by molar-refractivity contribution is 9.10. The van der Waals surface area contributed by atoms with Gasteiger partial charge in [-0.2, -0.15) is 4.31 Å². The number of halogens is 1. The lowest BCUT2D eigenvalue weighted by molar-refractivity contribution is 0.472. The number of nitrogens with zero attached hydrogens (tertiary/aromatic N) is 2. The molecule has 1 aliphatic heterocycles. The Morgan fingerprint density at radius 3 is 2.67 bits per heavy atom. The molecule has 110 valence electrons. The highest BCUT2D eigenvalue weighted by Gasteiger charge is 2.33. The van der Waals surface area contributed by atoms with Crippen LogP contribution >= 0.6 is 15.9 Å². The molecule has 4 nitrogen and oxygen atoms in total. The standard InChI is InChI=1S/C15H15BrN2O2S/c16-14-8-15(10-17-9-14)21(19,20)18-7-6-13(11-18)12-4-2-1-3-5-12/h1-5,8-10,13H,6-7,11H2. The number of hydrogen-bond donors (Lipinski definition) is 0. The van der Waals surface area contributed by atoms with Crippen LogP contribution in [0.2, 0.25) is 0 Å². The fourth-order valence-electron chi connectivity index (χ4n) is 2.63. The van der Waals surface area contributed by atoms with Crippen molar-refractivity contribution in [3.63, 3.8) is 0 Å². The molecule has 1 atom stereocenters. The zero-order chi connectivity index (χ0) is 14.9. The van der Waals surface area contributed by atoms with Crippen LogP contribution in [0.15, 0.2) is 58.2 Å². The number of hydrogen-bond acceptors (Lipinski definition) is 3. The van der Waals surface area contributed by atoms with Gasteiger partial charge in [-0.05, 0) is 39.9 Å². The summed E-state index contributed by atoms with van der Waals surface area (Å²) in [6.45, 7) is 1.08. The van der Waals surface area contributed by atoms with Gasteiger partial charge >= 0.3 is 0 Å². The monoisotopic (exact) mass is 366 g/mol. The maximum absolute atomic E-state index is 12.6. The molecule has 1 aromatic carbocycles. The summed E-state index contributed by atoms with van der Waals surface area (Å²) < 4.78 is 27.5. The Kier molecular flexibility index (Phi) is 4.10. The number of aromatic nitrogens is 1. The second kappa shape index (κ2) is 5.87. The van der Waals surface area contributed by atoms with Crippen molar-refractivity contribution in [2.24, 2.45) is 0 Å². The Bertz CT molecular complexity index is 734. The van der Waals surface area contributed by atoms with E-state index in [1.807, 2.05) is 18.2 Å². The van der Waals surface area contributed by atoms with E-state index in [2.05, 4.69) is 33.0 Å². The molecule has 1 aliphatic rings. The fraction of sp³-hybridized carbons (Fsp3) is 0.267. The second-order valence-corrected chi connectivity index (χ2v) is 7.95. The Morgan fingerprint density at radius 1 is 1.19 bits per heavy atom. The van der Waals surface area contributed by atoms with Gasteiger partial charge in [-0.3, -0.25) is 4.98 Å². The maximum Gasteiger partial charge on any atom is 0.244 e. The molecule has 1 fully saturated rings. The van der Waals surface area contributed by atoms with E-state index in [9.17, 15) is 8.42 Å². The summed E-state index contributed by atoms with van der Waals surface area (Å²) >= 11 is 3.27. The number of benzene rings is 1. The Hall–Kier alpha value is -1.24. The van der Waals surface area contributed by atoms with E-state index in [0.29, 0.717) is 17.6 Å². The Labute approximate surface area is 133 Å². The lowest BCUT2D eigenvalue weighted by Gasteiger charge is -2.16. The Balaban J connectivity index is 1.83. The van der Waals surface area contributed by atoms with Crippen molar-refractivity contribution in [2.75, 3.05) is 13.1 Å². The molecular formula is C15H15BrN2O2S. The molecule has 0 N–H and O–H groups in total. The van der Waals surface area contributed by atoms with Crippen molar-refractivity contribution in [2.45, 2.75) is 17.2 Å². The number of rotatable bonds is 3. The second-order valence-electron chi connectivity index (χ2n) is 5.10. The van der Waals surface area contributed by atoms with Gasteiger partial charge in [-0.1, -0.05) is 30.3 Å². The van der Waals surface area contributed by atoms with E-state index >= 15 is 0 Å². The molecule has 0 bridgehead atoms. The lowest BCUT2D eigenvalue weighted by atomic mass is 9.99. The van der Waals surface area contributed by atoms with Crippen LogP contribution in [0.4, 0.5) is 0 Å². The smallest absolute Gasteiger partial charge is 0.244 e. The van der Waals surface area contributed by atoms with Crippen molar-refractivity contribution in [1.29, 1.82) is 0 Å². The van der Waals surface area contributed by atoms with E-state index < -0.39 is 10.0 Å². The van der Waals surface area contributed by atoms with Crippen LogP contribution in [-0.2, 0) is 10.0 Å². The third-order valence-corrected chi connectivity index (χ3v) is 6.00. The van der Waals surface area contributed by atoms with Crippen molar-refractivity contribution in [3.8, 4) is 0 Å². The number of sulfonamides is 1. The van der Waals surface area contributed by atoms with Gasteiger partial charge in [0.25, 0.3) is 0 Å². The SMILES string of the molecule is O=S(=O)(c1cncc(Br)c1)N1CCC(c2ccccc2)C1. The third-order valence-electron chi connectivity index (χ3n) is 3.74. The molecule has 1 saturated heterocycles. The van der Waals surface area contributed by atoms with Crippen molar-refractivity contribution < 1.29 is 8.42 Å². The minimum Gasteiger partial charge on any atom is -0.262 e. The first-order valence-corrected chi connectivity index (χ1v) is 8.96. The van der Waals surface area contributed by atoms with Crippen LogP contribution in [0.3, 0.4) is 0 Å². The van der Waals surface area contributed by atoms with Gasteiger partial charge in [0.05, 0.1) is 0 Å². The topological polar surface area (TPSA) is 50.3 Å². The largest absolute Gasteiger partial charge is 0.262 e. The van der Waals surface area contributed by atoms with Gasteiger partial charge in [-0.15, -0.1) is 0 Å². The van der Waals surface area contributed by atoms with Crippen molar-refractivity contribution in [3.05, 3.63) is 58.8 Å². The molecule has 0 aliphatic carbocycles. The molecule has 1 aromatic heterocycles. The highest BCUT2D eigenvalue weighted by Crippen LogP contribution is 2.31. The molecule has 3 rings (SSSR count). The fourth-order valence-corrected chi connectivity index (χ4v) is 4.63. The lowest BCUT2D eigenvalue weighted by Crippen LogP contribution is -2.28. The summed E-state index contributed by atoms with van der Waals surface area (Å²) in [5, 5.41) is 0. The van der Waals surface area contributed by atoms with Crippen LogP contribution in [-0.4, -0.2) is 30.8 Å². The molecule has 21 heavy (non-hydrogen) atoms. The summed E-state index contributed by atoms with van der Waals surface area (Å²) in [6.07, 6.45) is 3.83. The molecule has 6 heteroatoms. The van der Waals surface area contributed by atoms with E-state index in [4.69, 9.17) is 0 Å². The summed E-state index contributed by atoms with van der Waals surface area (Å²) in [7, 11) is -3.46. The van der Waals surface area contributed by atoms with Crippen molar-refractivity contribution in [1.82, 2.24) is 9.29 Å². The average molecular weight is 367 g/mol. The van der Waals surface area contributed by atoms with Crippen LogP contribution in [0.1, 0.15) is 17.9 Å². The molecule has 2 aromatic rings. The third kappa shape index (κ3) is 3.02. The van der Waals surface area contributed by atoms with Gasteiger partial charge in [0.15, 0.2) is 0 Å². The van der Waals surface area contributed by atoms with Crippen LogP contribution in [0.5, 0.6) is 0 Å². The molecule has 2 heterocycles. The van der Waals surface area contributed by atoms with Crippen LogP contribution in [0, 0.1) is 0 Å². The van der Waals surface area contributed by atoms with E-state index in [1.165, 1.54) is 11.8 Å². The maximum atomic E-state index is 12.6. The minimum atomic E-state index is -3.46. The molecule has 0 saturated carbocycles. The van der Waals surface area contributed by atoms with Crippen LogP contribution in [0.25, 0.3) is 0 Å². The quantitative estimate of drug-likeness (QED) is 0.838. The predicted octanol–water partition coefficient (Wildman–Crippen LogP) is 3.02. The zero-order valence-electron chi connectivity index (χ0n) is 11.3. The molecule has 0 amide bonds. The van der Waals surface area contributed by atoms with E-state index in [-0.39, 0.29) is 10.8 Å². The molecule has 0 spiro atoms. The summed E-state index contributed by atoms with van der Waals surface area (Å²) in [5.41, 5.74) is 1.20. The van der Waals surface area contributed by atoms with Gasteiger partial charge in [0, 0.05) is 30.0 Å². The normalized spacial score (nSPS) is 19.8. The Morgan fingerprint density at radius 2 is 1.95 bits per heavy atom. The average Bonchev–Trinajstić information content (AvgIpc) is 2.99. The molecule has 1 unspecified atom stereocenters. The molecular weight excluding hydrogens is 352 g/mol. The highest BCUT2D eigenvalue weighted by atomic mass is 79.9. The van der Waals surface area contributed by atoms with Crippen LogP contribution < -0.4 is 0 Å². The molecule has 0 radical (unpaired) electrons. The van der Waals surface area contributed by atoms with Gasteiger partial charge < -0.3 is 0 Å². The minimum absolute atomic E-state index is 0.241. The van der Waals surface area contributed by atoms with E-state index in [1.54, 1.807) is 16.6 Å².